The third-order valence-corrected chi connectivity index (χ3v) is 3.26. The van der Waals surface area contributed by atoms with Crippen LogP contribution in [0.4, 0.5) is 0 Å². The van der Waals surface area contributed by atoms with Gasteiger partial charge >= 0.3 is 0 Å². The first kappa shape index (κ1) is 13.4. The second-order valence-electron chi connectivity index (χ2n) is 3.68. The molecule has 0 bridgehead atoms. The van der Waals surface area contributed by atoms with E-state index in [-0.39, 0.29) is 0 Å². The van der Waals surface area contributed by atoms with Crippen LogP contribution >= 0.6 is 8.00 Å². The fourth-order valence-electron chi connectivity index (χ4n) is 1.33. The van der Waals surface area contributed by atoms with Crippen molar-refractivity contribution in [3.05, 3.63) is 35.9 Å². The predicted molar refractivity (Wildman–Crippen MR) is 68.6 cm³/mol. The zero-order chi connectivity index (χ0) is 11.6. The molecule has 0 aliphatic rings. The first-order valence-corrected chi connectivity index (χ1v) is 7.04. The van der Waals surface area contributed by atoms with Crippen molar-refractivity contribution < 1.29 is 9.42 Å². The third kappa shape index (κ3) is 6.02. The summed E-state index contributed by atoms with van der Waals surface area (Å²) in [4.78, 5) is 11.4. The van der Waals surface area contributed by atoms with Gasteiger partial charge in [-0.3, -0.25) is 0 Å². The monoisotopic (exact) mass is 238 g/mol. The van der Waals surface area contributed by atoms with Gasteiger partial charge in [-0.1, -0.05) is 43.7 Å². The summed E-state index contributed by atoms with van der Waals surface area (Å²) in [7, 11) is -1.56. The second kappa shape index (κ2) is 8.46. The van der Waals surface area contributed by atoms with E-state index in [1.165, 1.54) is 5.56 Å². The molecule has 16 heavy (non-hydrogen) atoms. The highest BCUT2D eigenvalue weighted by molar-refractivity contribution is 7.44. The minimum Gasteiger partial charge on any atom is -0.603 e. The first-order valence-electron chi connectivity index (χ1n) is 5.79. The summed E-state index contributed by atoms with van der Waals surface area (Å²) in [5, 5.41) is 0. The van der Waals surface area contributed by atoms with E-state index >= 15 is 0 Å². The molecule has 2 nitrogen and oxygen atoms in total. The zero-order valence-electron chi connectivity index (χ0n) is 9.76. The van der Waals surface area contributed by atoms with Crippen LogP contribution in [0, 0.1) is 0 Å². The molecule has 0 amide bonds. The van der Waals surface area contributed by atoms with Crippen molar-refractivity contribution in [2.24, 2.45) is 0 Å². The highest BCUT2D eigenvalue weighted by Crippen LogP contribution is 2.13. The molecule has 0 N–H and O–H groups in total. The number of hydrogen-bond donors (Lipinski definition) is 0. The molecule has 0 spiro atoms. The van der Waals surface area contributed by atoms with E-state index in [1.807, 2.05) is 18.2 Å². The molecular formula is C13H19O2P. The molecule has 1 atom stereocenters. The van der Waals surface area contributed by atoms with Crippen molar-refractivity contribution in [1.82, 2.24) is 0 Å². The lowest BCUT2D eigenvalue weighted by Crippen LogP contribution is -1.97. The standard InChI is InChI=1S/C13H19O2P/c1-2-3-11-15-16(14)12-7-10-13-8-5-4-6-9-13/h4-6,8-9,12H,2-3,7,10-11H2,1H3. The van der Waals surface area contributed by atoms with Crippen LogP contribution in [-0.4, -0.2) is 12.4 Å². The summed E-state index contributed by atoms with van der Waals surface area (Å²) in [5.74, 6) is 1.78. The van der Waals surface area contributed by atoms with Crippen LogP contribution in [0.3, 0.4) is 0 Å². The number of benzene rings is 1. The van der Waals surface area contributed by atoms with Gasteiger partial charge in [-0.2, -0.15) is 4.52 Å². The molecule has 0 heterocycles. The highest BCUT2D eigenvalue weighted by Gasteiger charge is 1.97. The van der Waals surface area contributed by atoms with Crippen LogP contribution in [0.2, 0.25) is 0 Å². The minimum atomic E-state index is -1.56. The van der Waals surface area contributed by atoms with Gasteiger partial charge in [0.15, 0.2) is 0 Å². The molecule has 1 aromatic carbocycles. The molecule has 0 aliphatic carbocycles. The lowest BCUT2D eigenvalue weighted by Gasteiger charge is -1.98. The average molecular weight is 238 g/mol. The normalized spacial score (nSPS) is 11.8. The molecule has 3 heteroatoms. The van der Waals surface area contributed by atoms with E-state index in [9.17, 15) is 4.89 Å². The molecule has 1 unspecified atom stereocenters. The Kier molecular flexibility index (Phi) is 7.07. The molecule has 0 aliphatic heterocycles. The van der Waals surface area contributed by atoms with Gasteiger partial charge in [0.05, 0.1) is 6.61 Å². The molecule has 1 rings (SSSR count). The Morgan fingerprint density at radius 1 is 1.31 bits per heavy atom. The topological polar surface area (TPSA) is 32.3 Å². The summed E-state index contributed by atoms with van der Waals surface area (Å²) in [6, 6.07) is 10.2. The largest absolute Gasteiger partial charge is 0.603 e. The van der Waals surface area contributed by atoms with Gasteiger partial charge in [0.1, 0.15) is 5.80 Å². The first-order chi connectivity index (χ1) is 7.83. The Morgan fingerprint density at radius 3 is 2.75 bits per heavy atom. The molecule has 0 saturated heterocycles. The van der Waals surface area contributed by atoms with Gasteiger partial charge in [-0.05, 0) is 18.4 Å². The fourth-order valence-corrected chi connectivity index (χ4v) is 2.09. The summed E-state index contributed by atoms with van der Waals surface area (Å²) in [6.07, 6.45) is 3.80. The Morgan fingerprint density at radius 2 is 2.06 bits per heavy atom. The number of hydrogen-bond acceptors (Lipinski definition) is 2. The number of unbranched alkanes of at least 4 members (excludes halogenated alkanes) is 1. The summed E-state index contributed by atoms with van der Waals surface area (Å²) < 4.78 is 5.17. The van der Waals surface area contributed by atoms with Crippen LogP contribution < -0.4 is 4.89 Å². The SMILES string of the molecule is CCCCO/[P+]([O-])=C\CCc1ccccc1. The van der Waals surface area contributed by atoms with Crippen LogP contribution in [0.25, 0.3) is 0 Å². The Hall–Kier alpha value is -0.690. The summed E-state index contributed by atoms with van der Waals surface area (Å²) in [5.41, 5.74) is 1.27. The Bertz CT molecular complexity index is 309. The van der Waals surface area contributed by atoms with E-state index in [0.717, 1.165) is 25.7 Å². The lowest BCUT2D eigenvalue weighted by molar-refractivity contribution is -0.172. The molecular weight excluding hydrogens is 219 g/mol. The molecule has 0 radical (unpaired) electrons. The van der Waals surface area contributed by atoms with Gasteiger partial charge in [0, 0.05) is 6.42 Å². The van der Waals surface area contributed by atoms with Crippen molar-refractivity contribution in [2.75, 3.05) is 6.61 Å². The van der Waals surface area contributed by atoms with Gasteiger partial charge < -0.3 is 4.89 Å². The van der Waals surface area contributed by atoms with E-state index in [1.54, 1.807) is 5.80 Å². The Balaban J connectivity index is 2.20. The van der Waals surface area contributed by atoms with Crippen LogP contribution in [0.15, 0.2) is 30.3 Å². The lowest BCUT2D eigenvalue weighted by atomic mass is 10.1. The van der Waals surface area contributed by atoms with E-state index in [4.69, 9.17) is 4.52 Å². The molecule has 0 fully saturated rings. The molecule has 0 aromatic heterocycles. The van der Waals surface area contributed by atoms with Crippen molar-refractivity contribution in [2.45, 2.75) is 32.6 Å². The van der Waals surface area contributed by atoms with Crippen molar-refractivity contribution >= 4 is 13.8 Å². The van der Waals surface area contributed by atoms with Crippen LogP contribution in [0.5, 0.6) is 0 Å². The average Bonchev–Trinajstić information content (AvgIpc) is 2.31. The van der Waals surface area contributed by atoms with Crippen molar-refractivity contribution in [1.29, 1.82) is 0 Å². The number of aryl methyl sites for hydroxylation is 1. The minimum absolute atomic E-state index is 0.605. The molecule has 88 valence electrons. The molecule has 0 saturated carbocycles. The van der Waals surface area contributed by atoms with Crippen molar-refractivity contribution in [3.63, 3.8) is 0 Å². The highest BCUT2D eigenvalue weighted by atomic mass is 31.1. The maximum atomic E-state index is 11.4. The molecule has 1 aromatic rings. The smallest absolute Gasteiger partial charge is 0.216 e. The van der Waals surface area contributed by atoms with Gasteiger partial charge in [0.25, 0.3) is 0 Å². The quantitative estimate of drug-likeness (QED) is 0.540. The maximum absolute atomic E-state index is 11.4. The zero-order valence-corrected chi connectivity index (χ0v) is 10.7. The third-order valence-electron chi connectivity index (χ3n) is 2.27. The number of rotatable bonds is 7. The van der Waals surface area contributed by atoms with E-state index in [2.05, 4.69) is 19.1 Å². The van der Waals surface area contributed by atoms with Gasteiger partial charge in [0.2, 0.25) is 8.00 Å². The van der Waals surface area contributed by atoms with Gasteiger partial charge in [-0.25, -0.2) is 0 Å². The maximum Gasteiger partial charge on any atom is 0.216 e. The van der Waals surface area contributed by atoms with Gasteiger partial charge in [-0.15, -0.1) is 0 Å². The van der Waals surface area contributed by atoms with E-state index < -0.39 is 8.00 Å². The fraction of sp³-hybridized carbons (Fsp3) is 0.462. The van der Waals surface area contributed by atoms with Crippen LogP contribution in [-0.2, 0) is 10.9 Å². The predicted octanol–water partition coefficient (Wildman–Crippen LogP) is 2.91. The van der Waals surface area contributed by atoms with E-state index in [0.29, 0.717) is 6.61 Å². The summed E-state index contributed by atoms with van der Waals surface area (Å²) in [6.45, 7) is 2.70. The van der Waals surface area contributed by atoms with Crippen LogP contribution in [0.1, 0.15) is 31.7 Å². The van der Waals surface area contributed by atoms with Crippen molar-refractivity contribution in [3.8, 4) is 0 Å². The Labute approximate surface area is 98.8 Å². The summed E-state index contributed by atoms with van der Waals surface area (Å²) >= 11 is 0. The second-order valence-corrected chi connectivity index (χ2v) is 4.87.